The van der Waals surface area contributed by atoms with Crippen molar-refractivity contribution in [3.63, 3.8) is 0 Å². The van der Waals surface area contributed by atoms with Gasteiger partial charge in [0.1, 0.15) is 41.9 Å². The number of ether oxygens (including phenoxy) is 6. The number of aliphatic hydroxyl groups is 2. The molecule has 8 rings (SSSR count). The summed E-state index contributed by atoms with van der Waals surface area (Å²) in [6, 6.07) is 0. The fourth-order valence-electron chi connectivity index (χ4n) is 13.1. The summed E-state index contributed by atoms with van der Waals surface area (Å²) in [7, 11) is 0. The first-order valence-electron chi connectivity index (χ1n) is 17.1. The highest BCUT2D eigenvalue weighted by molar-refractivity contribution is 5.98. The van der Waals surface area contributed by atoms with Gasteiger partial charge in [-0.3, -0.25) is 19.2 Å². The lowest BCUT2D eigenvalue weighted by Gasteiger charge is -2.62. The van der Waals surface area contributed by atoms with Crippen LogP contribution in [0.15, 0.2) is 23.7 Å². The van der Waals surface area contributed by atoms with E-state index in [1.807, 2.05) is 34.6 Å². The molecule has 4 saturated carbocycles. The zero-order valence-corrected chi connectivity index (χ0v) is 28.9. The van der Waals surface area contributed by atoms with Gasteiger partial charge in [0.15, 0.2) is 5.76 Å². The summed E-state index contributed by atoms with van der Waals surface area (Å²) in [5, 5.41) is 24.1. The highest BCUT2D eigenvalue weighted by atomic mass is 16.8. The maximum atomic E-state index is 14.8. The smallest absolute Gasteiger partial charge is 0.303 e. The van der Waals surface area contributed by atoms with Crippen LogP contribution >= 0.6 is 0 Å². The topological polar surface area (TPSA) is 171 Å². The van der Waals surface area contributed by atoms with Crippen LogP contribution in [0.5, 0.6) is 0 Å². The molecule has 12 heteroatoms. The number of ketones is 1. The van der Waals surface area contributed by atoms with Crippen molar-refractivity contribution in [2.45, 2.75) is 117 Å². The predicted molar refractivity (Wildman–Crippen MR) is 163 cm³/mol. The minimum Gasteiger partial charge on any atom is -0.504 e. The van der Waals surface area contributed by atoms with Gasteiger partial charge in [0, 0.05) is 55.8 Å². The van der Waals surface area contributed by atoms with Gasteiger partial charge in [-0.05, 0) is 43.1 Å². The number of epoxide rings is 2. The van der Waals surface area contributed by atoms with Crippen LogP contribution in [0.3, 0.4) is 0 Å². The standard InChI is InChI=1S/C36H46O12/c1-12-21-20(26(41)25(40)18-11-19-27(46-19)31(32(18,21)7)45-17(6)39)23-28(43-15(4)37)24-22(33(23,8)29(12)44-16(5)38)13(2)30-36(48-30)34(24,9)35(10,42)14(3)47-36/h12-13,19-24,27-31,40,42H,3,11H2,1-2,4-10H3/t12-,13-,19-,20?,21?,22-,23+,24-,27-,28+,29-,30-,31-,32-,33+,34-,35+,36-/m0/s1. The molecule has 2 N–H and O–H groups in total. The van der Waals surface area contributed by atoms with E-state index in [0.717, 1.165) is 0 Å². The second-order valence-corrected chi connectivity index (χ2v) is 16.7. The van der Waals surface area contributed by atoms with Crippen molar-refractivity contribution in [3.8, 4) is 0 Å². The average Bonchev–Trinajstić information content (AvgIpc) is 3.88. The number of carbonyl (C=O) groups is 4. The van der Waals surface area contributed by atoms with Crippen LogP contribution in [0, 0.1) is 57.7 Å². The number of rotatable bonds is 3. The third-order valence-corrected chi connectivity index (χ3v) is 14.8. The van der Waals surface area contributed by atoms with E-state index >= 15 is 0 Å². The lowest BCUT2D eigenvalue weighted by Crippen LogP contribution is -2.68. The molecule has 1 spiro atoms. The molecule has 3 aliphatic heterocycles. The number of fused-ring (bicyclic) bond motifs is 9. The van der Waals surface area contributed by atoms with E-state index in [2.05, 4.69) is 6.58 Å². The number of aliphatic hydroxyl groups excluding tert-OH is 1. The molecule has 12 nitrogen and oxygen atoms in total. The quantitative estimate of drug-likeness (QED) is 0.256. The van der Waals surface area contributed by atoms with E-state index < -0.39 is 117 Å². The molecule has 262 valence electrons. The Balaban J connectivity index is 1.40. The van der Waals surface area contributed by atoms with Crippen LogP contribution in [0.4, 0.5) is 0 Å². The first kappa shape index (κ1) is 32.3. The fourth-order valence-corrected chi connectivity index (χ4v) is 13.1. The van der Waals surface area contributed by atoms with Crippen molar-refractivity contribution in [1.82, 2.24) is 0 Å². The van der Waals surface area contributed by atoms with Crippen LogP contribution in [0.1, 0.15) is 68.7 Å². The highest BCUT2D eigenvalue weighted by Gasteiger charge is 2.92. The Bertz CT molecular complexity index is 1610. The second-order valence-electron chi connectivity index (χ2n) is 16.7. The van der Waals surface area contributed by atoms with Crippen LogP contribution < -0.4 is 0 Å². The number of carbonyl (C=O) groups excluding carboxylic acids is 4. The van der Waals surface area contributed by atoms with Crippen LogP contribution in [-0.2, 0) is 47.6 Å². The van der Waals surface area contributed by atoms with E-state index in [1.54, 1.807) is 6.92 Å². The minimum atomic E-state index is -1.63. The molecular formula is C36H46O12. The summed E-state index contributed by atoms with van der Waals surface area (Å²) < 4.78 is 37.4. The molecule has 5 aliphatic carbocycles. The summed E-state index contributed by atoms with van der Waals surface area (Å²) in [4.78, 5) is 53.6. The van der Waals surface area contributed by atoms with E-state index in [-0.39, 0.29) is 23.5 Å². The van der Waals surface area contributed by atoms with Gasteiger partial charge in [-0.2, -0.15) is 0 Å². The number of esters is 3. The Kier molecular flexibility index (Phi) is 6.20. The summed E-state index contributed by atoms with van der Waals surface area (Å²) in [6.45, 7) is 19.4. The Labute approximate surface area is 279 Å². The molecule has 0 aromatic carbocycles. The molecular weight excluding hydrogens is 624 g/mol. The van der Waals surface area contributed by atoms with Gasteiger partial charge in [-0.25, -0.2) is 0 Å². The summed E-state index contributed by atoms with van der Waals surface area (Å²) in [5.74, 6) is -7.73. The molecule has 3 saturated heterocycles. The SMILES string of the molecule is C=C1O[C@]23O[C@H]2[C@@H](C)[C@H]2[C@@H]([C@H](OC(C)=O)[C@H]4C5C(=O)C(O)=C6C[C@@H]7O[C@@H]7[C@H](OC(C)=O)[C@]6(C)C5[C@H](C)[C@H](OC(C)=O)[C@]24C)[C@@]3(C)[C@]1(C)O. The fraction of sp³-hybridized carbons (Fsp3) is 0.778. The van der Waals surface area contributed by atoms with Gasteiger partial charge >= 0.3 is 17.9 Å². The Hall–Kier alpha value is -2.96. The maximum Gasteiger partial charge on any atom is 0.303 e. The second kappa shape index (κ2) is 9.23. The lowest BCUT2D eigenvalue weighted by molar-refractivity contribution is -0.217. The van der Waals surface area contributed by atoms with Crippen LogP contribution in [0.2, 0.25) is 0 Å². The maximum absolute atomic E-state index is 14.8. The van der Waals surface area contributed by atoms with Crippen molar-refractivity contribution >= 4 is 23.7 Å². The molecule has 18 atom stereocenters. The molecule has 8 aliphatic rings. The zero-order chi connectivity index (χ0) is 35.0. The number of allylic oxidation sites excluding steroid dienone is 1. The van der Waals surface area contributed by atoms with E-state index in [9.17, 15) is 29.4 Å². The Morgan fingerprint density at radius 2 is 1.48 bits per heavy atom. The number of hydrogen-bond donors (Lipinski definition) is 2. The van der Waals surface area contributed by atoms with Crippen LogP contribution in [-0.4, -0.2) is 81.9 Å². The van der Waals surface area contributed by atoms with Gasteiger partial charge in [-0.1, -0.05) is 34.3 Å². The average molecular weight is 671 g/mol. The molecule has 48 heavy (non-hydrogen) atoms. The third-order valence-electron chi connectivity index (χ3n) is 14.8. The molecule has 7 fully saturated rings. The van der Waals surface area contributed by atoms with Crippen molar-refractivity contribution in [2.75, 3.05) is 0 Å². The molecule has 0 aromatic heterocycles. The third kappa shape index (κ3) is 3.33. The van der Waals surface area contributed by atoms with Gasteiger partial charge in [0.05, 0.1) is 11.5 Å². The first-order chi connectivity index (χ1) is 22.2. The van der Waals surface area contributed by atoms with E-state index in [4.69, 9.17) is 28.4 Å². The summed E-state index contributed by atoms with van der Waals surface area (Å²) in [5.41, 5.74) is -4.48. The largest absolute Gasteiger partial charge is 0.504 e. The highest BCUT2D eigenvalue weighted by Crippen LogP contribution is 2.82. The minimum absolute atomic E-state index is 0.140. The number of hydrogen-bond acceptors (Lipinski definition) is 12. The summed E-state index contributed by atoms with van der Waals surface area (Å²) >= 11 is 0. The van der Waals surface area contributed by atoms with Gasteiger partial charge < -0.3 is 38.6 Å². The van der Waals surface area contributed by atoms with Crippen molar-refractivity contribution in [3.05, 3.63) is 23.7 Å². The van der Waals surface area contributed by atoms with E-state index in [1.165, 1.54) is 20.8 Å². The lowest BCUT2D eigenvalue weighted by atomic mass is 9.41. The molecule has 0 radical (unpaired) electrons. The van der Waals surface area contributed by atoms with E-state index in [0.29, 0.717) is 12.0 Å². The summed E-state index contributed by atoms with van der Waals surface area (Å²) in [6.07, 6.45) is -3.50. The zero-order valence-electron chi connectivity index (χ0n) is 28.9. The molecule has 2 unspecified atom stereocenters. The normalized spacial score (nSPS) is 56.6. The Morgan fingerprint density at radius 3 is 2.08 bits per heavy atom. The first-order valence-corrected chi connectivity index (χ1v) is 17.1. The molecule has 0 aromatic rings. The van der Waals surface area contributed by atoms with Crippen molar-refractivity contribution < 1.29 is 57.8 Å². The van der Waals surface area contributed by atoms with Gasteiger partial charge in [0.2, 0.25) is 11.6 Å². The monoisotopic (exact) mass is 670 g/mol. The van der Waals surface area contributed by atoms with Gasteiger partial charge in [-0.15, -0.1) is 0 Å². The molecule has 0 amide bonds. The van der Waals surface area contributed by atoms with Crippen molar-refractivity contribution in [1.29, 1.82) is 0 Å². The van der Waals surface area contributed by atoms with Crippen LogP contribution in [0.25, 0.3) is 0 Å². The van der Waals surface area contributed by atoms with Crippen molar-refractivity contribution in [2.24, 2.45) is 57.7 Å². The Morgan fingerprint density at radius 1 is 0.875 bits per heavy atom. The number of Topliss-reactive ketones (excluding diaryl/α,β-unsaturated/α-hetero) is 1. The molecule has 3 heterocycles. The predicted octanol–water partition coefficient (Wildman–Crippen LogP) is 3.15. The van der Waals surface area contributed by atoms with Gasteiger partial charge in [0.25, 0.3) is 0 Å². The molecule has 0 bridgehead atoms.